The molecule has 2 rings (SSSR count). The van der Waals surface area contributed by atoms with Crippen LogP contribution in [0.4, 0.5) is 0 Å². The number of rotatable bonds is 9. The van der Waals surface area contributed by atoms with E-state index < -0.39 is 0 Å². The summed E-state index contributed by atoms with van der Waals surface area (Å²) in [4.78, 5) is 10.8. The van der Waals surface area contributed by atoms with Gasteiger partial charge in [-0.15, -0.1) is 0 Å². The van der Waals surface area contributed by atoms with E-state index in [1.807, 2.05) is 30.3 Å². The average Bonchev–Trinajstić information content (AvgIpc) is 2.57. The minimum atomic E-state index is 0.133. The third-order valence-corrected chi connectivity index (χ3v) is 3.46. The van der Waals surface area contributed by atoms with Gasteiger partial charge in [0.1, 0.15) is 5.75 Å². The quantitative estimate of drug-likeness (QED) is 0.549. The molecule has 0 bridgehead atoms. The summed E-state index contributed by atoms with van der Waals surface area (Å²) in [5.74, 6) is 0.244. The van der Waals surface area contributed by atoms with Crippen molar-refractivity contribution < 1.29 is 10.2 Å². The first kappa shape index (κ1) is 17.1. The predicted molar refractivity (Wildman–Crippen MR) is 91.8 cm³/mol. The molecule has 1 aromatic carbocycles. The number of aliphatic hydroxyl groups is 1. The molecule has 5 nitrogen and oxygen atoms in total. The van der Waals surface area contributed by atoms with E-state index in [0.717, 1.165) is 30.8 Å². The van der Waals surface area contributed by atoms with Crippen LogP contribution in [-0.4, -0.2) is 52.6 Å². The molecule has 0 amide bonds. The zero-order chi connectivity index (χ0) is 16.3. The van der Waals surface area contributed by atoms with Gasteiger partial charge >= 0.3 is 0 Å². The van der Waals surface area contributed by atoms with Gasteiger partial charge in [0.15, 0.2) is 0 Å². The number of phenols is 1. The minimum Gasteiger partial charge on any atom is -0.507 e. The Morgan fingerprint density at radius 3 is 2.65 bits per heavy atom. The summed E-state index contributed by atoms with van der Waals surface area (Å²) in [6.07, 6.45) is 4.37. The Hall–Kier alpha value is -2.24. The van der Waals surface area contributed by atoms with E-state index in [1.165, 1.54) is 0 Å². The molecule has 0 aliphatic heterocycles. The van der Waals surface area contributed by atoms with Gasteiger partial charge in [0.2, 0.25) is 0 Å². The molecule has 0 atom stereocenters. The number of hydrogen-bond donors (Lipinski definition) is 2. The lowest BCUT2D eigenvalue weighted by Crippen LogP contribution is -2.28. The molecule has 2 N–H and O–H groups in total. The SMILES string of the molecule is OCCN(CCCN=Cc1ccccc1O)Cc1ccccn1. The molecule has 1 heterocycles. The van der Waals surface area contributed by atoms with Gasteiger partial charge in [0.25, 0.3) is 0 Å². The third kappa shape index (κ3) is 6.18. The fourth-order valence-corrected chi connectivity index (χ4v) is 2.28. The van der Waals surface area contributed by atoms with Crippen LogP contribution in [-0.2, 0) is 6.54 Å². The highest BCUT2D eigenvalue weighted by molar-refractivity contribution is 5.83. The summed E-state index contributed by atoms with van der Waals surface area (Å²) in [5.41, 5.74) is 1.73. The molecular weight excluding hydrogens is 290 g/mol. The molecule has 0 saturated heterocycles. The van der Waals surface area contributed by atoms with Crippen LogP contribution in [0, 0.1) is 0 Å². The maximum atomic E-state index is 9.66. The van der Waals surface area contributed by atoms with Gasteiger partial charge in [-0.05, 0) is 30.7 Å². The second-order valence-electron chi connectivity index (χ2n) is 5.27. The van der Waals surface area contributed by atoms with Crippen molar-refractivity contribution in [1.82, 2.24) is 9.88 Å². The minimum absolute atomic E-state index is 0.133. The molecule has 0 aliphatic carbocycles. The Kier molecular flexibility index (Phi) is 7.23. The van der Waals surface area contributed by atoms with Gasteiger partial charge in [-0.1, -0.05) is 18.2 Å². The molecule has 122 valence electrons. The summed E-state index contributed by atoms with van der Waals surface area (Å²) in [5, 5.41) is 18.8. The highest BCUT2D eigenvalue weighted by Gasteiger charge is 2.05. The number of pyridine rings is 1. The van der Waals surface area contributed by atoms with Crippen molar-refractivity contribution in [2.75, 3.05) is 26.2 Å². The second kappa shape index (κ2) is 9.71. The second-order valence-corrected chi connectivity index (χ2v) is 5.27. The molecule has 0 fully saturated rings. The zero-order valence-corrected chi connectivity index (χ0v) is 13.2. The largest absolute Gasteiger partial charge is 0.507 e. The first-order valence-electron chi connectivity index (χ1n) is 7.80. The van der Waals surface area contributed by atoms with Gasteiger partial charge in [-0.25, -0.2) is 0 Å². The van der Waals surface area contributed by atoms with Crippen molar-refractivity contribution in [3.8, 4) is 5.75 Å². The molecular formula is C18H23N3O2. The van der Waals surface area contributed by atoms with Crippen LogP contribution in [0.1, 0.15) is 17.7 Å². The maximum absolute atomic E-state index is 9.66. The van der Waals surface area contributed by atoms with Crippen molar-refractivity contribution in [3.63, 3.8) is 0 Å². The summed E-state index contributed by atoms with van der Waals surface area (Å²) in [6.45, 7) is 3.01. The van der Waals surface area contributed by atoms with Gasteiger partial charge in [0.05, 0.1) is 12.3 Å². The van der Waals surface area contributed by atoms with E-state index >= 15 is 0 Å². The third-order valence-electron chi connectivity index (χ3n) is 3.46. The van der Waals surface area contributed by atoms with Gasteiger partial charge in [0, 0.05) is 44.2 Å². The average molecular weight is 313 g/mol. The highest BCUT2D eigenvalue weighted by Crippen LogP contribution is 2.12. The number of aliphatic imine (C=N–C) groups is 1. The first-order chi connectivity index (χ1) is 11.3. The molecule has 0 spiro atoms. The monoisotopic (exact) mass is 313 g/mol. The Morgan fingerprint density at radius 1 is 1.09 bits per heavy atom. The summed E-state index contributed by atoms with van der Waals surface area (Å²) >= 11 is 0. The predicted octanol–water partition coefficient (Wildman–Crippen LogP) is 2.09. The maximum Gasteiger partial charge on any atom is 0.124 e. The molecule has 0 aliphatic rings. The van der Waals surface area contributed by atoms with E-state index in [9.17, 15) is 10.2 Å². The number of aromatic nitrogens is 1. The van der Waals surface area contributed by atoms with Crippen molar-refractivity contribution in [2.45, 2.75) is 13.0 Å². The smallest absolute Gasteiger partial charge is 0.124 e. The molecule has 0 saturated carbocycles. The first-order valence-corrected chi connectivity index (χ1v) is 7.80. The van der Waals surface area contributed by atoms with Crippen LogP contribution in [0.25, 0.3) is 0 Å². The number of phenolic OH excluding ortho intramolecular Hbond substituents is 1. The van der Waals surface area contributed by atoms with E-state index in [-0.39, 0.29) is 12.4 Å². The number of nitrogens with zero attached hydrogens (tertiary/aromatic N) is 3. The summed E-state index contributed by atoms with van der Waals surface area (Å²) in [6, 6.07) is 13.0. The lowest BCUT2D eigenvalue weighted by molar-refractivity contribution is 0.188. The lowest BCUT2D eigenvalue weighted by Gasteiger charge is -2.20. The summed E-state index contributed by atoms with van der Waals surface area (Å²) in [7, 11) is 0. The molecule has 1 aromatic heterocycles. The fourth-order valence-electron chi connectivity index (χ4n) is 2.28. The number of aliphatic hydroxyl groups excluding tert-OH is 1. The Bertz CT molecular complexity index is 602. The van der Waals surface area contributed by atoms with Crippen molar-refractivity contribution in [2.24, 2.45) is 4.99 Å². The van der Waals surface area contributed by atoms with Crippen molar-refractivity contribution >= 4 is 6.21 Å². The number of aromatic hydroxyl groups is 1. The molecule has 2 aromatic rings. The van der Waals surface area contributed by atoms with E-state index in [0.29, 0.717) is 13.1 Å². The lowest BCUT2D eigenvalue weighted by atomic mass is 10.2. The van der Waals surface area contributed by atoms with Crippen LogP contribution >= 0.6 is 0 Å². The van der Waals surface area contributed by atoms with Crippen molar-refractivity contribution in [1.29, 1.82) is 0 Å². The number of benzene rings is 1. The van der Waals surface area contributed by atoms with Crippen LogP contribution in [0.15, 0.2) is 53.7 Å². The van der Waals surface area contributed by atoms with E-state index in [4.69, 9.17) is 0 Å². The summed E-state index contributed by atoms with van der Waals surface area (Å²) < 4.78 is 0. The van der Waals surface area contributed by atoms with Crippen LogP contribution in [0.2, 0.25) is 0 Å². The highest BCUT2D eigenvalue weighted by atomic mass is 16.3. The van der Waals surface area contributed by atoms with Crippen LogP contribution in [0.5, 0.6) is 5.75 Å². The standard InChI is InChI=1S/C18H23N3O2/c22-13-12-21(15-17-7-3-4-10-20-17)11-5-9-19-14-16-6-1-2-8-18(16)23/h1-4,6-8,10,14,22-23H,5,9,11-13,15H2. The van der Waals surface area contributed by atoms with Gasteiger partial charge in [-0.2, -0.15) is 0 Å². The van der Waals surface area contributed by atoms with Gasteiger partial charge < -0.3 is 10.2 Å². The Labute approximate surface area is 137 Å². The van der Waals surface area contributed by atoms with Crippen LogP contribution in [0.3, 0.4) is 0 Å². The normalized spacial score (nSPS) is 11.4. The zero-order valence-electron chi connectivity index (χ0n) is 13.2. The van der Waals surface area contributed by atoms with Crippen molar-refractivity contribution in [3.05, 3.63) is 59.9 Å². The Morgan fingerprint density at radius 2 is 1.91 bits per heavy atom. The van der Waals surface area contributed by atoms with Gasteiger partial charge in [-0.3, -0.25) is 14.9 Å². The fraction of sp³-hybridized carbons (Fsp3) is 0.333. The molecule has 0 radical (unpaired) electrons. The van der Waals surface area contributed by atoms with E-state index in [1.54, 1.807) is 24.5 Å². The molecule has 0 unspecified atom stereocenters. The Balaban J connectivity index is 1.77. The number of para-hydroxylation sites is 1. The molecule has 23 heavy (non-hydrogen) atoms. The topological polar surface area (TPSA) is 69.0 Å². The van der Waals surface area contributed by atoms with E-state index in [2.05, 4.69) is 14.9 Å². The number of hydrogen-bond acceptors (Lipinski definition) is 5. The molecule has 5 heteroatoms. The van der Waals surface area contributed by atoms with Crippen LogP contribution < -0.4 is 0 Å².